The second kappa shape index (κ2) is 5.51. The number of hydrogen-bond donors (Lipinski definition) is 1. The maximum Gasteiger partial charge on any atom is 0.372 e. The van der Waals surface area contributed by atoms with Crippen LogP contribution >= 0.6 is 11.3 Å². The van der Waals surface area contributed by atoms with Crippen LogP contribution in [0.15, 0.2) is 28.8 Å². The number of aryl methyl sites for hydroxylation is 1. The summed E-state index contributed by atoms with van der Waals surface area (Å²) in [5.41, 5.74) is 10.5. The first-order chi connectivity index (χ1) is 9.17. The predicted octanol–water partition coefficient (Wildman–Crippen LogP) is 2.82. The third-order valence-electron chi connectivity index (χ3n) is 2.59. The zero-order valence-electron chi connectivity index (χ0n) is 10.4. The van der Waals surface area contributed by atoms with E-state index < -0.39 is 5.91 Å². The first-order valence-electron chi connectivity index (χ1n) is 5.37. The van der Waals surface area contributed by atoms with Gasteiger partial charge in [0, 0.05) is 5.56 Å². The van der Waals surface area contributed by atoms with Crippen molar-refractivity contribution in [3.8, 4) is 17.0 Å². The molecule has 0 radical (unpaired) electrons. The van der Waals surface area contributed by atoms with Crippen LogP contribution < -0.4 is 9.65 Å². The fraction of sp³-hybridized carbons (Fsp3) is 0.167. The summed E-state index contributed by atoms with van der Waals surface area (Å²) < 4.78 is 5.14. The van der Waals surface area contributed by atoms with Crippen molar-refractivity contribution in [3.05, 3.63) is 34.2 Å². The first-order valence-corrected chi connectivity index (χ1v) is 6.25. The number of rotatable bonds is 3. The van der Waals surface area contributed by atoms with Crippen molar-refractivity contribution < 1.29 is 9.53 Å². The van der Waals surface area contributed by atoms with Gasteiger partial charge in [-0.25, -0.2) is 4.98 Å². The molecule has 0 saturated heterocycles. The molecule has 1 aromatic carbocycles. The second-order valence-electron chi connectivity index (χ2n) is 3.72. The Hall–Kier alpha value is -2.37. The van der Waals surface area contributed by atoms with Crippen molar-refractivity contribution >= 4 is 17.2 Å². The van der Waals surface area contributed by atoms with Crippen molar-refractivity contribution in [2.24, 2.45) is 5.11 Å². The van der Waals surface area contributed by atoms with Crippen LogP contribution in [0.5, 0.6) is 5.75 Å². The Labute approximate surface area is 113 Å². The summed E-state index contributed by atoms with van der Waals surface area (Å²) in [6, 6.07) is 5.52. The molecule has 0 aliphatic rings. The molecule has 2 aromatic rings. The van der Waals surface area contributed by atoms with Crippen molar-refractivity contribution in [3.63, 3.8) is 0 Å². The Morgan fingerprint density at radius 1 is 1.53 bits per heavy atom. The highest BCUT2D eigenvalue weighted by atomic mass is 32.1. The molecule has 0 aliphatic heterocycles. The quantitative estimate of drug-likeness (QED) is 0.689. The minimum absolute atomic E-state index is 0.379. The molecule has 0 unspecified atom stereocenters. The number of aromatic nitrogens is 1. The van der Waals surface area contributed by atoms with Crippen molar-refractivity contribution in [1.29, 1.82) is 5.53 Å². The van der Waals surface area contributed by atoms with Gasteiger partial charge in [0.1, 0.15) is 16.2 Å². The Balaban J connectivity index is 2.51. The van der Waals surface area contributed by atoms with Crippen LogP contribution in [0.3, 0.4) is 0 Å². The molecule has 0 fully saturated rings. The average Bonchev–Trinajstić information content (AvgIpc) is 2.88. The van der Waals surface area contributed by atoms with Crippen molar-refractivity contribution in [2.45, 2.75) is 6.92 Å². The number of carbonyl (C=O) groups excluding carboxylic acids is 1. The number of methoxy groups -OCH3 is 1. The minimum atomic E-state index is -0.553. The van der Waals surface area contributed by atoms with Crippen LogP contribution in [0.25, 0.3) is 11.3 Å². The van der Waals surface area contributed by atoms with Gasteiger partial charge in [0.15, 0.2) is 0 Å². The van der Waals surface area contributed by atoms with Crippen LogP contribution in [0.1, 0.15) is 15.2 Å². The average molecular weight is 275 g/mol. The van der Waals surface area contributed by atoms with E-state index in [9.17, 15) is 4.79 Å². The molecule has 1 aromatic heterocycles. The Bertz CT molecular complexity index is 674. The highest BCUT2D eigenvalue weighted by Gasteiger charge is 2.20. The van der Waals surface area contributed by atoms with E-state index >= 15 is 0 Å². The molecule has 0 bridgehead atoms. The number of nitrogens with one attached hydrogen (secondary N) is 1. The lowest BCUT2D eigenvalue weighted by molar-refractivity contribution is 0.0996. The standard InChI is InChI=1S/C12H11N4O2S/c1-7-5-8(18-2)3-4-9(7)10-11(19-6-14-10)12(17)15-16-13/h3-6,13H,1-2H3/q+1. The first kappa shape index (κ1) is 13.1. The Morgan fingerprint density at radius 2 is 2.32 bits per heavy atom. The normalized spacial score (nSPS) is 9.79. The third-order valence-corrected chi connectivity index (χ3v) is 3.41. The van der Waals surface area contributed by atoms with Gasteiger partial charge in [-0.05, 0) is 30.7 Å². The molecule has 1 amide bonds. The van der Waals surface area contributed by atoms with Gasteiger partial charge in [-0.3, -0.25) is 4.79 Å². The SMILES string of the molecule is COc1ccc(-c2ncsc2C(=O)N=[N+]=N)c(C)c1. The van der Waals surface area contributed by atoms with Crippen LogP contribution in [-0.2, 0) is 0 Å². The Morgan fingerprint density at radius 3 is 2.95 bits per heavy atom. The van der Waals surface area contributed by atoms with Gasteiger partial charge in [0.2, 0.25) is 10.0 Å². The highest BCUT2D eigenvalue weighted by molar-refractivity contribution is 7.12. The maximum absolute atomic E-state index is 11.7. The zero-order chi connectivity index (χ0) is 13.8. The van der Waals surface area contributed by atoms with Gasteiger partial charge in [-0.2, -0.15) is 0 Å². The Kier molecular flexibility index (Phi) is 3.79. The number of thiazole rings is 1. The van der Waals surface area contributed by atoms with Crippen LogP contribution in [0, 0.1) is 12.5 Å². The maximum atomic E-state index is 11.7. The summed E-state index contributed by atoms with van der Waals surface area (Å²) in [6.45, 7) is 1.91. The van der Waals surface area contributed by atoms with Gasteiger partial charge in [-0.1, -0.05) is 0 Å². The summed E-state index contributed by atoms with van der Waals surface area (Å²) in [7, 11) is 1.60. The number of amides is 1. The molecule has 0 aliphatic carbocycles. The summed E-state index contributed by atoms with van der Waals surface area (Å²) in [5, 5.41) is 3.22. The van der Waals surface area contributed by atoms with Crippen LogP contribution in [0.2, 0.25) is 0 Å². The number of nitrogens with zero attached hydrogens (tertiary/aromatic N) is 3. The second-order valence-corrected chi connectivity index (χ2v) is 4.57. The van der Waals surface area contributed by atoms with Crippen molar-refractivity contribution in [2.75, 3.05) is 7.11 Å². The number of hydrogen-bond acceptors (Lipinski definition) is 5. The molecule has 0 spiro atoms. The van der Waals surface area contributed by atoms with E-state index in [2.05, 4.69) is 15.0 Å². The predicted molar refractivity (Wildman–Crippen MR) is 70.5 cm³/mol. The van der Waals surface area contributed by atoms with Crippen LogP contribution in [-0.4, -0.2) is 18.0 Å². The van der Waals surface area contributed by atoms with E-state index in [1.807, 2.05) is 25.1 Å². The zero-order valence-corrected chi connectivity index (χ0v) is 11.2. The van der Waals surface area contributed by atoms with Crippen LogP contribution in [0.4, 0.5) is 0 Å². The largest absolute Gasteiger partial charge is 0.497 e. The molecule has 7 heteroatoms. The van der Waals surface area contributed by atoms with Gasteiger partial charge in [0.05, 0.1) is 18.3 Å². The molecular weight excluding hydrogens is 264 g/mol. The monoisotopic (exact) mass is 275 g/mol. The molecule has 96 valence electrons. The van der Waals surface area contributed by atoms with Gasteiger partial charge in [-0.15, -0.1) is 11.3 Å². The van der Waals surface area contributed by atoms with E-state index in [1.165, 1.54) is 11.3 Å². The summed E-state index contributed by atoms with van der Waals surface area (Å²) in [6.07, 6.45) is 0. The third kappa shape index (κ3) is 2.57. The molecule has 6 nitrogen and oxygen atoms in total. The minimum Gasteiger partial charge on any atom is -0.497 e. The van der Waals surface area contributed by atoms with E-state index in [-0.39, 0.29) is 0 Å². The van der Waals surface area contributed by atoms with Gasteiger partial charge >= 0.3 is 5.91 Å². The molecule has 19 heavy (non-hydrogen) atoms. The summed E-state index contributed by atoms with van der Waals surface area (Å²) >= 11 is 1.18. The number of ether oxygens (including phenoxy) is 1. The lowest BCUT2D eigenvalue weighted by Gasteiger charge is -2.06. The lowest BCUT2D eigenvalue weighted by atomic mass is 10.0. The van der Waals surface area contributed by atoms with Gasteiger partial charge < -0.3 is 4.74 Å². The van der Waals surface area contributed by atoms with Crippen molar-refractivity contribution in [1.82, 2.24) is 9.90 Å². The fourth-order valence-corrected chi connectivity index (χ4v) is 2.39. The topological polar surface area (TPSA) is 89.5 Å². The fourth-order valence-electron chi connectivity index (χ4n) is 1.71. The highest BCUT2D eigenvalue weighted by Crippen LogP contribution is 2.30. The lowest BCUT2D eigenvalue weighted by Crippen LogP contribution is -1.96. The van der Waals surface area contributed by atoms with E-state index in [0.29, 0.717) is 10.6 Å². The molecule has 0 atom stereocenters. The van der Waals surface area contributed by atoms with E-state index in [1.54, 1.807) is 12.6 Å². The number of benzene rings is 1. The van der Waals surface area contributed by atoms with Gasteiger partial charge in [0.25, 0.3) is 0 Å². The van der Waals surface area contributed by atoms with E-state index in [4.69, 9.17) is 10.3 Å². The summed E-state index contributed by atoms with van der Waals surface area (Å²) in [4.78, 5) is 19.0. The molecule has 1 N–H and O–H groups in total. The molecular formula is C12H11N4O2S+. The smallest absolute Gasteiger partial charge is 0.372 e. The molecule has 1 heterocycles. The van der Waals surface area contributed by atoms with E-state index in [0.717, 1.165) is 16.9 Å². The summed E-state index contributed by atoms with van der Waals surface area (Å²) in [5.74, 6) is 0.193. The number of carbonyl (C=O) groups is 1. The molecule has 2 rings (SSSR count). The molecule has 0 saturated carbocycles.